The van der Waals surface area contributed by atoms with E-state index in [4.69, 9.17) is 25.8 Å². The molecule has 0 heterocycles. The van der Waals surface area contributed by atoms with Crippen LogP contribution in [-0.4, -0.2) is 44.1 Å². The lowest BCUT2D eigenvalue weighted by molar-refractivity contribution is -0.147. The Morgan fingerprint density at radius 2 is 1.65 bits per heavy atom. The van der Waals surface area contributed by atoms with Gasteiger partial charge in [0.1, 0.15) is 5.75 Å². The van der Waals surface area contributed by atoms with Crippen LogP contribution in [0.25, 0.3) is 0 Å². The Kier molecular flexibility index (Phi) is 10.9. The molecule has 0 bridgehead atoms. The second kappa shape index (κ2) is 13.8. The molecule has 9 nitrogen and oxygen atoms in total. The molecule has 0 aliphatic heterocycles. The lowest BCUT2D eigenvalue weighted by atomic mass is 10.2. The van der Waals surface area contributed by atoms with Crippen LogP contribution in [0.15, 0.2) is 42.5 Å². The van der Waals surface area contributed by atoms with Crippen molar-refractivity contribution in [1.29, 1.82) is 0 Å². The average molecular weight is 491 g/mol. The van der Waals surface area contributed by atoms with E-state index >= 15 is 0 Å². The van der Waals surface area contributed by atoms with Crippen molar-refractivity contribution < 1.29 is 33.4 Å². The van der Waals surface area contributed by atoms with Gasteiger partial charge in [0, 0.05) is 23.6 Å². The molecular formula is C24H27ClN2O7. The van der Waals surface area contributed by atoms with Gasteiger partial charge in [-0.05, 0) is 55.3 Å². The third-order valence-electron chi connectivity index (χ3n) is 4.43. The lowest BCUT2D eigenvalue weighted by Crippen LogP contribution is -2.21. The first-order valence-corrected chi connectivity index (χ1v) is 11.1. The number of rotatable bonds is 12. The van der Waals surface area contributed by atoms with Gasteiger partial charge in [-0.1, -0.05) is 18.5 Å². The fourth-order valence-electron chi connectivity index (χ4n) is 2.77. The molecule has 0 saturated heterocycles. The Labute approximate surface area is 202 Å². The second-order valence-electron chi connectivity index (χ2n) is 7.17. The van der Waals surface area contributed by atoms with Crippen LogP contribution in [0.1, 0.15) is 43.0 Å². The van der Waals surface area contributed by atoms with Gasteiger partial charge < -0.3 is 24.8 Å². The van der Waals surface area contributed by atoms with Crippen LogP contribution in [0.5, 0.6) is 5.75 Å². The number of carbonyl (C=O) groups is 4. The summed E-state index contributed by atoms with van der Waals surface area (Å²) in [6.45, 7) is 1.78. The molecule has 0 unspecified atom stereocenters. The van der Waals surface area contributed by atoms with Gasteiger partial charge >= 0.3 is 11.9 Å². The average Bonchev–Trinajstić information content (AvgIpc) is 2.82. The van der Waals surface area contributed by atoms with Crippen LogP contribution in [-0.2, 0) is 23.9 Å². The highest BCUT2D eigenvalue weighted by Gasteiger charge is 2.12. The van der Waals surface area contributed by atoms with Gasteiger partial charge in [-0.25, -0.2) is 4.79 Å². The highest BCUT2D eigenvalue weighted by Crippen LogP contribution is 2.27. The first-order valence-electron chi connectivity index (χ1n) is 10.7. The molecule has 0 aliphatic carbocycles. The monoisotopic (exact) mass is 490 g/mol. The number of methoxy groups -OCH3 is 1. The predicted octanol–water partition coefficient (Wildman–Crippen LogP) is 4.21. The zero-order valence-corrected chi connectivity index (χ0v) is 19.8. The van der Waals surface area contributed by atoms with E-state index in [-0.39, 0.29) is 25.2 Å². The fourth-order valence-corrected chi connectivity index (χ4v) is 2.94. The van der Waals surface area contributed by atoms with Crippen LogP contribution in [0.3, 0.4) is 0 Å². The molecule has 0 spiro atoms. The maximum Gasteiger partial charge on any atom is 0.338 e. The molecule has 2 aromatic carbocycles. The molecule has 2 amide bonds. The van der Waals surface area contributed by atoms with Crippen molar-refractivity contribution >= 4 is 46.7 Å². The molecule has 0 aliphatic rings. The van der Waals surface area contributed by atoms with Gasteiger partial charge in [0.15, 0.2) is 6.61 Å². The molecule has 0 aromatic heterocycles. The molecule has 0 atom stereocenters. The molecule has 0 fully saturated rings. The highest BCUT2D eigenvalue weighted by molar-refractivity contribution is 6.31. The van der Waals surface area contributed by atoms with Gasteiger partial charge in [0.2, 0.25) is 5.91 Å². The van der Waals surface area contributed by atoms with Crippen molar-refractivity contribution in [3.8, 4) is 5.75 Å². The Morgan fingerprint density at radius 1 is 0.912 bits per heavy atom. The lowest BCUT2D eigenvalue weighted by Gasteiger charge is -2.11. The summed E-state index contributed by atoms with van der Waals surface area (Å²) < 4.78 is 15.1. The quantitative estimate of drug-likeness (QED) is 0.427. The minimum atomic E-state index is -0.601. The summed E-state index contributed by atoms with van der Waals surface area (Å²) in [5.74, 6) is -1.44. The molecule has 182 valence electrons. The summed E-state index contributed by atoms with van der Waals surface area (Å²) in [7, 11) is 1.45. The van der Waals surface area contributed by atoms with Gasteiger partial charge in [-0.2, -0.15) is 0 Å². The van der Waals surface area contributed by atoms with Crippen molar-refractivity contribution in [3.05, 3.63) is 53.1 Å². The summed E-state index contributed by atoms with van der Waals surface area (Å²) in [6.07, 6.45) is 1.04. The number of hydrogen-bond donors (Lipinski definition) is 2. The molecule has 34 heavy (non-hydrogen) atoms. The topological polar surface area (TPSA) is 120 Å². The van der Waals surface area contributed by atoms with Gasteiger partial charge in [-0.15, -0.1) is 0 Å². The summed E-state index contributed by atoms with van der Waals surface area (Å²) >= 11 is 5.91. The molecule has 10 heteroatoms. The Balaban J connectivity index is 1.68. The van der Waals surface area contributed by atoms with Gasteiger partial charge in [-0.3, -0.25) is 14.4 Å². The predicted molar refractivity (Wildman–Crippen MR) is 127 cm³/mol. The van der Waals surface area contributed by atoms with E-state index in [1.807, 2.05) is 6.92 Å². The Bertz CT molecular complexity index is 1010. The van der Waals surface area contributed by atoms with E-state index in [1.165, 1.54) is 13.2 Å². The van der Waals surface area contributed by atoms with E-state index in [0.29, 0.717) is 34.3 Å². The summed E-state index contributed by atoms with van der Waals surface area (Å²) in [4.78, 5) is 47.7. The third-order valence-corrected chi connectivity index (χ3v) is 4.66. The van der Waals surface area contributed by atoms with E-state index in [0.717, 1.165) is 6.42 Å². The SMILES string of the molecule is CCCOC(=O)c1ccc(NC(=O)CCCC(=O)OCC(=O)Nc2cc(Cl)ccc2OC)cc1. The standard InChI is InChI=1S/C24H27ClN2O7/c1-3-13-33-24(31)16-7-10-18(11-8-16)26-21(28)5-4-6-23(30)34-15-22(29)27-19-14-17(25)9-12-20(19)32-2/h7-12,14H,3-6,13,15H2,1-2H3,(H,26,28)(H,27,29). The number of carbonyl (C=O) groups excluding carboxylic acids is 4. The number of benzene rings is 2. The van der Waals surface area contributed by atoms with Crippen molar-refractivity contribution in [3.63, 3.8) is 0 Å². The van der Waals surface area contributed by atoms with Crippen molar-refractivity contribution in [1.82, 2.24) is 0 Å². The summed E-state index contributed by atoms with van der Waals surface area (Å²) in [6, 6.07) is 11.1. The van der Waals surface area contributed by atoms with Crippen LogP contribution >= 0.6 is 11.6 Å². The molecule has 2 N–H and O–H groups in total. The number of halogens is 1. The molecular weight excluding hydrogens is 464 g/mol. The van der Waals surface area contributed by atoms with E-state index < -0.39 is 24.5 Å². The maximum absolute atomic E-state index is 12.1. The van der Waals surface area contributed by atoms with E-state index in [1.54, 1.807) is 36.4 Å². The number of amides is 2. The molecule has 2 aromatic rings. The molecule has 0 radical (unpaired) electrons. The minimum Gasteiger partial charge on any atom is -0.495 e. The van der Waals surface area contributed by atoms with Crippen LogP contribution < -0.4 is 15.4 Å². The van der Waals surface area contributed by atoms with Gasteiger partial charge in [0.05, 0.1) is 25.0 Å². The maximum atomic E-state index is 12.1. The number of esters is 2. The smallest absolute Gasteiger partial charge is 0.338 e. The first kappa shape index (κ1) is 26.7. The molecule has 2 rings (SSSR count). The van der Waals surface area contributed by atoms with E-state index in [9.17, 15) is 19.2 Å². The van der Waals surface area contributed by atoms with Crippen LogP contribution in [0, 0.1) is 0 Å². The van der Waals surface area contributed by atoms with Crippen LogP contribution in [0.2, 0.25) is 5.02 Å². The summed E-state index contributed by atoms with van der Waals surface area (Å²) in [5, 5.41) is 5.66. The zero-order chi connectivity index (χ0) is 24.9. The fraction of sp³-hybridized carbons (Fsp3) is 0.333. The van der Waals surface area contributed by atoms with E-state index in [2.05, 4.69) is 10.6 Å². The van der Waals surface area contributed by atoms with Crippen LogP contribution in [0.4, 0.5) is 11.4 Å². The minimum absolute atomic E-state index is 0.0244. The van der Waals surface area contributed by atoms with Crippen molar-refractivity contribution in [2.24, 2.45) is 0 Å². The van der Waals surface area contributed by atoms with Crippen molar-refractivity contribution in [2.75, 3.05) is 31.0 Å². The second-order valence-corrected chi connectivity index (χ2v) is 7.60. The first-order chi connectivity index (χ1) is 16.3. The Morgan fingerprint density at radius 3 is 2.32 bits per heavy atom. The largest absolute Gasteiger partial charge is 0.495 e. The highest BCUT2D eigenvalue weighted by atomic mass is 35.5. The van der Waals surface area contributed by atoms with Crippen molar-refractivity contribution in [2.45, 2.75) is 32.6 Å². The number of hydrogen-bond acceptors (Lipinski definition) is 7. The number of ether oxygens (including phenoxy) is 3. The normalized spacial score (nSPS) is 10.2. The number of nitrogens with one attached hydrogen (secondary N) is 2. The third kappa shape index (κ3) is 9.11. The van der Waals surface area contributed by atoms with Gasteiger partial charge in [0.25, 0.3) is 5.91 Å². The molecule has 0 saturated carbocycles. The zero-order valence-electron chi connectivity index (χ0n) is 19.0. The summed E-state index contributed by atoms with van der Waals surface area (Å²) in [5.41, 5.74) is 1.28. The Hall–Kier alpha value is -3.59. The number of anilines is 2.